The molecule has 7 heteroatoms. The molecule has 0 fully saturated rings. The van der Waals surface area contributed by atoms with Gasteiger partial charge in [0.15, 0.2) is 0 Å². The molecule has 1 atom stereocenters. The Morgan fingerprint density at radius 2 is 2.30 bits per heavy atom. The molecular weight excluding hydrogens is 258 g/mol. The van der Waals surface area contributed by atoms with Crippen molar-refractivity contribution in [3.8, 4) is 0 Å². The molecule has 0 bridgehead atoms. The van der Waals surface area contributed by atoms with Crippen molar-refractivity contribution in [3.63, 3.8) is 0 Å². The average molecular weight is 277 g/mol. The zero-order valence-electron chi connectivity index (χ0n) is 12.2. The van der Waals surface area contributed by atoms with Crippen molar-refractivity contribution < 1.29 is 9.53 Å². The number of ether oxygens (including phenoxy) is 1. The Hall–Kier alpha value is -2.18. The van der Waals surface area contributed by atoms with E-state index in [1.165, 1.54) is 13.4 Å². The number of anilines is 1. The fourth-order valence-corrected chi connectivity index (χ4v) is 2.24. The van der Waals surface area contributed by atoms with Gasteiger partial charge in [0.05, 0.1) is 7.11 Å². The van der Waals surface area contributed by atoms with Gasteiger partial charge in [-0.15, -0.1) is 0 Å². The standard InChI is InChI=1S/C13H19N5O2/c1-5-6-13(3,11(19)20-4)17-10-7-9(2)16-12-14-8-15-18(10)12/h7-8,17H,5-6H2,1-4H3. The highest BCUT2D eigenvalue weighted by molar-refractivity contribution is 5.83. The van der Waals surface area contributed by atoms with Gasteiger partial charge in [-0.25, -0.2) is 9.78 Å². The molecule has 2 aromatic rings. The number of hydrogen-bond donors (Lipinski definition) is 1. The van der Waals surface area contributed by atoms with E-state index in [0.29, 0.717) is 18.0 Å². The number of carbonyl (C=O) groups excluding carboxylic acids is 1. The minimum atomic E-state index is -0.809. The number of hydrogen-bond acceptors (Lipinski definition) is 6. The normalized spacial score (nSPS) is 14.0. The van der Waals surface area contributed by atoms with Gasteiger partial charge in [-0.05, 0) is 20.3 Å². The molecule has 0 aromatic carbocycles. The van der Waals surface area contributed by atoms with Crippen LogP contribution in [-0.4, -0.2) is 38.2 Å². The Labute approximate surface area is 117 Å². The second kappa shape index (κ2) is 5.44. The average Bonchev–Trinajstić information content (AvgIpc) is 2.86. The lowest BCUT2D eigenvalue weighted by Gasteiger charge is -2.28. The highest BCUT2D eigenvalue weighted by Gasteiger charge is 2.34. The third-order valence-corrected chi connectivity index (χ3v) is 3.17. The molecule has 0 amide bonds. The molecule has 108 valence electrons. The van der Waals surface area contributed by atoms with Gasteiger partial charge in [0.1, 0.15) is 17.7 Å². The third-order valence-electron chi connectivity index (χ3n) is 3.17. The smallest absolute Gasteiger partial charge is 0.331 e. The molecule has 7 nitrogen and oxygen atoms in total. The molecule has 2 aromatic heterocycles. The van der Waals surface area contributed by atoms with Crippen molar-refractivity contribution in [2.75, 3.05) is 12.4 Å². The van der Waals surface area contributed by atoms with E-state index >= 15 is 0 Å². The number of aromatic nitrogens is 4. The first kappa shape index (κ1) is 14.2. The largest absolute Gasteiger partial charge is 0.467 e. The van der Waals surface area contributed by atoms with Crippen LogP contribution in [0.2, 0.25) is 0 Å². The molecule has 0 spiro atoms. The van der Waals surface area contributed by atoms with E-state index in [1.807, 2.05) is 26.8 Å². The van der Waals surface area contributed by atoms with Crippen LogP contribution in [0.5, 0.6) is 0 Å². The van der Waals surface area contributed by atoms with E-state index < -0.39 is 5.54 Å². The molecule has 2 heterocycles. The second-order valence-corrected chi connectivity index (χ2v) is 4.95. The van der Waals surface area contributed by atoms with E-state index in [-0.39, 0.29) is 5.97 Å². The summed E-state index contributed by atoms with van der Waals surface area (Å²) in [6.45, 7) is 5.71. The summed E-state index contributed by atoms with van der Waals surface area (Å²) < 4.78 is 6.47. The van der Waals surface area contributed by atoms with Crippen LogP contribution in [0.3, 0.4) is 0 Å². The minimum Gasteiger partial charge on any atom is -0.467 e. The summed E-state index contributed by atoms with van der Waals surface area (Å²) in [6, 6.07) is 1.83. The van der Waals surface area contributed by atoms with Crippen LogP contribution in [0.15, 0.2) is 12.4 Å². The van der Waals surface area contributed by atoms with Crippen LogP contribution < -0.4 is 5.32 Å². The Balaban J connectivity index is 2.42. The summed E-state index contributed by atoms with van der Waals surface area (Å²) >= 11 is 0. The fourth-order valence-electron chi connectivity index (χ4n) is 2.24. The number of carbonyl (C=O) groups is 1. The van der Waals surface area contributed by atoms with Gasteiger partial charge >= 0.3 is 5.97 Å². The molecule has 0 radical (unpaired) electrons. The lowest BCUT2D eigenvalue weighted by Crippen LogP contribution is -2.44. The lowest BCUT2D eigenvalue weighted by molar-refractivity contribution is -0.145. The lowest BCUT2D eigenvalue weighted by atomic mass is 9.96. The van der Waals surface area contributed by atoms with Crippen LogP contribution in [0, 0.1) is 6.92 Å². The minimum absolute atomic E-state index is 0.304. The fraction of sp³-hybridized carbons (Fsp3) is 0.538. The van der Waals surface area contributed by atoms with Gasteiger partial charge in [-0.1, -0.05) is 13.3 Å². The number of methoxy groups -OCH3 is 1. The highest BCUT2D eigenvalue weighted by Crippen LogP contribution is 2.22. The Morgan fingerprint density at radius 1 is 1.55 bits per heavy atom. The van der Waals surface area contributed by atoms with Crippen LogP contribution in [0.1, 0.15) is 32.4 Å². The van der Waals surface area contributed by atoms with Crippen LogP contribution in [-0.2, 0) is 9.53 Å². The Bertz CT molecular complexity index is 624. The quantitative estimate of drug-likeness (QED) is 0.836. The zero-order chi connectivity index (χ0) is 14.8. The molecule has 0 aliphatic heterocycles. The van der Waals surface area contributed by atoms with Crippen molar-refractivity contribution in [1.82, 2.24) is 19.6 Å². The molecule has 1 N–H and O–H groups in total. The molecule has 0 aliphatic rings. The molecule has 0 saturated heterocycles. The summed E-state index contributed by atoms with van der Waals surface area (Å²) in [7, 11) is 1.39. The summed E-state index contributed by atoms with van der Waals surface area (Å²) in [4.78, 5) is 20.4. The zero-order valence-corrected chi connectivity index (χ0v) is 12.2. The molecule has 2 rings (SSSR count). The van der Waals surface area contributed by atoms with E-state index in [4.69, 9.17) is 4.74 Å². The van der Waals surface area contributed by atoms with E-state index in [2.05, 4.69) is 20.4 Å². The van der Waals surface area contributed by atoms with Gasteiger partial charge < -0.3 is 10.1 Å². The first-order valence-corrected chi connectivity index (χ1v) is 6.54. The summed E-state index contributed by atoms with van der Waals surface area (Å²) in [5.74, 6) is 0.865. The molecular formula is C13H19N5O2. The number of nitrogens with one attached hydrogen (secondary N) is 1. The molecule has 20 heavy (non-hydrogen) atoms. The maximum absolute atomic E-state index is 12.0. The Kier molecular flexibility index (Phi) is 3.87. The first-order chi connectivity index (χ1) is 9.50. The first-order valence-electron chi connectivity index (χ1n) is 6.54. The Morgan fingerprint density at radius 3 is 2.95 bits per heavy atom. The van der Waals surface area contributed by atoms with Crippen LogP contribution >= 0.6 is 0 Å². The molecule has 0 saturated carbocycles. The van der Waals surface area contributed by atoms with Gasteiger partial charge in [-0.2, -0.15) is 14.6 Å². The topological polar surface area (TPSA) is 81.4 Å². The van der Waals surface area contributed by atoms with Gasteiger partial charge in [0, 0.05) is 11.8 Å². The van der Waals surface area contributed by atoms with Crippen molar-refractivity contribution in [1.29, 1.82) is 0 Å². The highest BCUT2D eigenvalue weighted by atomic mass is 16.5. The summed E-state index contributed by atoms with van der Waals surface area (Å²) in [6.07, 6.45) is 2.93. The SMILES string of the molecule is CCCC(C)(Nc1cc(C)nc2ncnn12)C(=O)OC. The summed E-state index contributed by atoms with van der Waals surface area (Å²) in [5.41, 5.74) is -0.00684. The molecule has 0 aliphatic carbocycles. The van der Waals surface area contributed by atoms with E-state index in [9.17, 15) is 4.79 Å². The van der Waals surface area contributed by atoms with Gasteiger partial charge in [0.25, 0.3) is 5.78 Å². The van der Waals surface area contributed by atoms with Gasteiger partial charge in [-0.3, -0.25) is 0 Å². The van der Waals surface area contributed by atoms with Crippen molar-refractivity contribution in [3.05, 3.63) is 18.1 Å². The van der Waals surface area contributed by atoms with Crippen LogP contribution in [0.4, 0.5) is 5.82 Å². The second-order valence-electron chi connectivity index (χ2n) is 4.95. The van der Waals surface area contributed by atoms with E-state index in [1.54, 1.807) is 4.52 Å². The van der Waals surface area contributed by atoms with Crippen LogP contribution in [0.25, 0.3) is 5.78 Å². The number of rotatable bonds is 5. The number of nitrogens with zero attached hydrogens (tertiary/aromatic N) is 4. The monoisotopic (exact) mass is 277 g/mol. The molecule has 1 unspecified atom stereocenters. The maximum Gasteiger partial charge on any atom is 0.331 e. The number of fused-ring (bicyclic) bond motifs is 1. The predicted octanol–water partition coefficient (Wildman–Crippen LogP) is 1.58. The van der Waals surface area contributed by atoms with Gasteiger partial charge in [0.2, 0.25) is 0 Å². The predicted molar refractivity (Wildman–Crippen MR) is 74.5 cm³/mol. The summed E-state index contributed by atoms with van der Waals surface area (Å²) in [5, 5.41) is 7.34. The third kappa shape index (κ3) is 2.56. The maximum atomic E-state index is 12.0. The number of aryl methyl sites for hydroxylation is 1. The van der Waals surface area contributed by atoms with Crippen molar-refractivity contribution >= 4 is 17.6 Å². The van der Waals surface area contributed by atoms with Crippen molar-refractivity contribution in [2.45, 2.75) is 39.2 Å². The van der Waals surface area contributed by atoms with Crippen molar-refractivity contribution in [2.24, 2.45) is 0 Å². The van der Waals surface area contributed by atoms with E-state index in [0.717, 1.165) is 12.1 Å². The number of esters is 1.